The van der Waals surface area contributed by atoms with Crippen molar-refractivity contribution in [3.05, 3.63) is 145 Å². The molecule has 1 saturated heterocycles. The minimum Gasteiger partial charge on any atom is -0.407 e. The third-order valence-electron chi connectivity index (χ3n) is 14.4. The molecule has 6 rings (SSSR count). The number of aliphatic hydroxyl groups excluding tert-OH is 1. The summed E-state index contributed by atoms with van der Waals surface area (Å²) in [5.74, 6) is -2.15. The number of piperidine rings is 1. The number of amides is 1. The number of likely N-dealkylation sites (tertiary alicyclic amines) is 1. The maximum absolute atomic E-state index is 14.5. The average molecular weight is 959 g/mol. The average Bonchev–Trinajstić information content (AvgIpc) is 3.70. The van der Waals surface area contributed by atoms with Crippen LogP contribution in [0.5, 0.6) is 0 Å². The van der Waals surface area contributed by atoms with Crippen LogP contribution in [0.2, 0.25) is 10.1 Å². The van der Waals surface area contributed by atoms with Crippen molar-refractivity contribution in [2.45, 2.75) is 140 Å². The largest absolute Gasteiger partial charge is 0.471 e. The predicted octanol–water partition coefficient (Wildman–Crippen LogP) is 11.5. The summed E-state index contributed by atoms with van der Waals surface area (Å²) in [6.07, 6.45) is 5.38. The van der Waals surface area contributed by atoms with Crippen molar-refractivity contribution < 1.29 is 31.9 Å². The fourth-order valence-electron chi connectivity index (χ4n) is 11.6. The molecule has 2 fully saturated rings. The summed E-state index contributed by atoms with van der Waals surface area (Å²) in [5, 5.41) is 14.3. The highest BCUT2D eigenvalue weighted by Crippen LogP contribution is 2.53. The normalized spacial score (nSPS) is 21.1. The molecule has 1 N–H and O–H groups in total. The molecule has 2 unspecified atom stereocenters. The SMILES string of the molecule is C[C@@H](/C=C/C(C=C(Cl)CCO[Si](c1ccccc1)(c1ccccc1)C(C)(C)C)O[Si](c1ccccc1)(c1ccccc1)C(C)(C)C)C1CCC[C@@]12CCC[C@H](CCCO)N2C(=O)C(F)(F)F. The number of rotatable bonds is 17. The van der Waals surface area contributed by atoms with Gasteiger partial charge in [0.15, 0.2) is 0 Å². The van der Waals surface area contributed by atoms with Crippen molar-refractivity contribution in [1.82, 2.24) is 4.90 Å². The first-order chi connectivity index (χ1) is 31.3. The van der Waals surface area contributed by atoms with Gasteiger partial charge in [0.1, 0.15) is 0 Å². The van der Waals surface area contributed by atoms with Crippen molar-refractivity contribution in [2.24, 2.45) is 11.8 Å². The molecule has 1 amide bonds. The maximum Gasteiger partial charge on any atom is 0.471 e. The van der Waals surface area contributed by atoms with Crippen LogP contribution in [0.1, 0.15) is 106 Å². The monoisotopic (exact) mass is 957 g/mol. The van der Waals surface area contributed by atoms with Gasteiger partial charge in [0.25, 0.3) is 16.6 Å². The fourth-order valence-corrected chi connectivity index (χ4v) is 20.9. The quantitative estimate of drug-likeness (QED) is 0.0846. The molecule has 0 bridgehead atoms. The highest BCUT2D eigenvalue weighted by molar-refractivity contribution is 7.00. The van der Waals surface area contributed by atoms with Crippen molar-refractivity contribution in [1.29, 1.82) is 0 Å². The predicted molar refractivity (Wildman–Crippen MR) is 270 cm³/mol. The molecule has 4 aromatic carbocycles. The van der Waals surface area contributed by atoms with E-state index in [4.69, 9.17) is 20.5 Å². The summed E-state index contributed by atoms with van der Waals surface area (Å²) >= 11 is 7.39. The minimum atomic E-state index is -4.99. The second-order valence-corrected chi connectivity index (χ2v) is 29.6. The number of nitrogens with zero attached hydrogens (tertiary/aromatic N) is 1. The zero-order chi connectivity index (χ0) is 47.8. The molecule has 5 nitrogen and oxygen atoms in total. The van der Waals surface area contributed by atoms with Gasteiger partial charge in [-0.1, -0.05) is 200 Å². The van der Waals surface area contributed by atoms with Crippen molar-refractivity contribution in [3.8, 4) is 0 Å². The smallest absolute Gasteiger partial charge is 0.407 e. The highest BCUT2D eigenvalue weighted by atomic mass is 35.5. The number of hydrogen-bond acceptors (Lipinski definition) is 4. The Morgan fingerprint density at radius 3 is 1.65 bits per heavy atom. The Bertz CT molecular complexity index is 2130. The summed E-state index contributed by atoms with van der Waals surface area (Å²) in [4.78, 5) is 14.7. The van der Waals surface area contributed by atoms with E-state index in [1.54, 1.807) is 0 Å². The number of benzene rings is 4. The van der Waals surface area contributed by atoms with Gasteiger partial charge >= 0.3 is 12.1 Å². The van der Waals surface area contributed by atoms with Crippen LogP contribution in [0.15, 0.2) is 145 Å². The van der Waals surface area contributed by atoms with Crippen LogP contribution in [0.3, 0.4) is 0 Å². The summed E-state index contributed by atoms with van der Waals surface area (Å²) < 4.78 is 58.5. The minimum absolute atomic E-state index is 0.130. The van der Waals surface area contributed by atoms with Gasteiger partial charge in [-0.05, 0) is 93.7 Å². The first kappa shape index (κ1) is 51.6. The zero-order valence-corrected chi connectivity index (χ0v) is 42.8. The Morgan fingerprint density at radius 2 is 1.21 bits per heavy atom. The Labute approximate surface area is 399 Å². The molecular formula is C55H71ClF3NO4Si2. The number of aliphatic hydroxyl groups is 1. The number of carbonyl (C=O) groups excluding carboxylic acids is 1. The molecule has 0 aromatic heterocycles. The van der Waals surface area contributed by atoms with Crippen LogP contribution < -0.4 is 20.7 Å². The molecular weight excluding hydrogens is 887 g/mol. The fraction of sp³-hybridized carbons (Fsp3) is 0.473. The lowest BCUT2D eigenvalue weighted by molar-refractivity contribution is -0.201. The second-order valence-electron chi connectivity index (χ2n) is 20.6. The van der Waals surface area contributed by atoms with E-state index in [1.165, 1.54) is 15.3 Å². The maximum atomic E-state index is 14.5. The molecule has 1 aliphatic carbocycles. The Balaban J connectivity index is 1.41. The van der Waals surface area contributed by atoms with E-state index in [-0.39, 0.29) is 28.5 Å². The third-order valence-corrected chi connectivity index (χ3v) is 24.7. The molecule has 1 saturated carbocycles. The van der Waals surface area contributed by atoms with Gasteiger partial charge in [0.05, 0.1) is 6.10 Å². The molecule has 11 heteroatoms. The molecule has 66 heavy (non-hydrogen) atoms. The van der Waals surface area contributed by atoms with E-state index in [0.29, 0.717) is 56.6 Å². The van der Waals surface area contributed by atoms with Crippen LogP contribution >= 0.6 is 11.6 Å². The Kier molecular flexibility index (Phi) is 16.9. The number of allylic oxidation sites excluding steroid dienone is 1. The van der Waals surface area contributed by atoms with E-state index >= 15 is 0 Å². The highest BCUT2D eigenvalue weighted by Gasteiger charge is 2.59. The summed E-state index contributed by atoms with van der Waals surface area (Å²) in [7, 11) is -5.99. The van der Waals surface area contributed by atoms with Crippen LogP contribution in [-0.4, -0.2) is 69.6 Å². The van der Waals surface area contributed by atoms with Gasteiger partial charge < -0.3 is 18.9 Å². The van der Waals surface area contributed by atoms with E-state index in [9.17, 15) is 23.1 Å². The molecule has 1 spiro atoms. The molecule has 1 heterocycles. The van der Waals surface area contributed by atoms with Crippen LogP contribution in [0.25, 0.3) is 0 Å². The number of carbonyl (C=O) groups is 1. The lowest BCUT2D eigenvalue weighted by atomic mass is 9.70. The molecule has 0 radical (unpaired) electrons. The van der Waals surface area contributed by atoms with Gasteiger partial charge in [-0.15, -0.1) is 0 Å². The zero-order valence-electron chi connectivity index (χ0n) is 40.0. The van der Waals surface area contributed by atoms with Gasteiger partial charge in [-0.25, -0.2) is 0 Å². The topological polar surface area (TPSA) is 59.0 Å². The summed E-state index contributed by atoms with van der Waals surface area (Å²) in [6, 6.07) is 41.4. The van der Waals surface area contributed by atoms with Gasteiger partial charge in [0, 0.05) is 36.2 Å². The van der Waals surface area contributed by atoms with Gasteiger partial charge in [0.2, 0.25) is 0 Å². The lowest BCUT2D eigenvalue weighted by Gasteiger charge is -2.54. The van der Waals surface area contributed by atoms with Crippen molar-refractivity contribution in [2.75, 3.05) is 13.2 Å². The number of hydrogen-bond donors (Lipinski definition) is 1. The third kappa shape index (κ3) is 10.9. The number of halogens is 4. The Hall–Kier alpha value is -3.78. The van der Waals surface area contributed by atoms with Crippen molar-refractivity contribution >= 4 is 54.9 Å². The van der Waals surface area contributed by atoms with Gasteiger partial charge in [-0.2, -0.15) is 13.2 Å². The molecule has 356 valence electrons. The second kappa shape index (κ2) is 21.7. The van der Waals surface area contributed by atoms with E-state index in [1.807, 2.05) is 30.3 Å². The molecule has 4 aromatic rings. The van der Waals surface area contributed by atoms with E-state index in [2.05, 4.69) is 158 Å². The first-order valence-corrected chi connectivity index (χ1v) is 28.1. The van der Waals surface area contributed by atoms with Crippen LogP contribution in [0.4, 0.5) is 13.2 Å². The summed E-state index contributed by atoms with van der Waals surface area (Å²) in [6.45, 7) is 15.8. The lowest BCUT2D eigenvalue weighted by Crippen LogP contribution is -2.67. The van der Waals surface area contributed by atoms with Crippen LogP contribution in [0, 0.1) is 11.8 Å². The van der Waals surface area contributed by atoms with Gasteiger partial charge in [-0.3, -0.25) is 4.79 Å². The number of alkyl halides is 3. The van der Waals surface area contributed by atoms with Crippen molar-refractivity contribution in [3.63, 3.8) is 0 Å². The first-order valence-electron chi connectivity index (χ1n) is 23.9. The summed E-state index contributed by atoms with van der Waals surface area (Å²) in [5.41, 5.74) is -0.936. The van der Waals surface area contributed by atoms with E-state index in [0.717, 1.165) is 23.2 Å². The Morgan fingerprint density at radius 1 is 0.758 bits per heavy atom. The molecule has 1 aliphatic heterocycles. The molecule has 2 aliphatic rings. The standard InChI is InChI=1S/C55H71ClF3NO4Si2/c1-42(50-33-21-38-54(50)37-20-23-44(24-22-39-61)60(54)51(62)55(57,58)59)34-35-45(64-66(53(5,6)7,48-29-16-10-17-30-48)49-31-18-11-19-32-49)41-43(56)36-40-63-65(52(2,3)4,46-25-12-8-13-26-46)47-27-14-9-15-28-47/h8-19,25-32,34-35,41-42,44-45,50,61H,20-24,33,36-40H2,1-7H3/b35-34+,43-41?/t42-,44+,45?,50?,54-/m0/s1. The molecule has 5 atom stereocenters. The van der Waals surface area contributed by atoms with E-state index < -0.39 is 46.4 Å². The van der Waals surface area contributed by atoms with Crippen LogP contribution in [-0.2, 0) is 13.6 Å².